The number of carbonyl (C=O) groups excluding carboxylic acids is 1. The number of nitro groups is 1. The summed E-state index contributed by atoms with van der Waals surface area (Å²) in [5.41, 5.74) is 0.839. The van der Waals surface area contributed by atoms with E-state index in [4.69, 9.17) is 13.6 Å². The quantitative estimate of drug-likeness (QED) is 0.462. The van der Waals surface area contributed by atoms with Crippen molar-refractivity contribution in [3.8, 4) is 5.75 Å². The van der Waals surface area contributed by atoms with Gasteiger partial charge in [0.15, 0.2) is 11.3 Å². The zero-order chi connectivity index (χ0) is 20.5. The number of nitrogens with zero attached hydrogens (tertiary/aromatic N) is 2. The number of amides is 1. The lowest BCUT2D eigenvalue weighted by Gasteiger charge is -2.35. The lowest BCUT2D eigenvalue weighted by atomic mass is 10.0. The first kappa shape index (κ1) is 19.5. The molecule has 2 aromatic heterocycles. The van der Waals surface area contributed by atoms with Gasteiger partial charge in [-0.25, -0.2) is 0 Å². The van der Waals surface area contributed by atoms with Gasteiger partial charge in [0.05, 0.1) is 32.4 Å². The van der Waals surface area contributed by atoms with E-state index < -0.39 is 10.5 Å². The fraction of sp³-hybridized carbons (Fsp3) is 0.350. The third-order valence-corrected chi connectivity index (χ3v) is 4.46. The largest absolute Gasteiger partial charge is 0.493 e. The SMILES string of the molecule is COc1cccc2c(CC(=O)N(Cc3ccc([N+](=O)[O-])o3)C(C)(C)C)coc12. The van der Waals surface area contributed by atoms with Crippen LogP contribution < -0.4 is 4.74 Å². The molecule has 0 fully saturated rings. The summed E-state index contributed by atoms with van der Waals surface area (Å²) in [4.78, 5) is 24.9. The molecule has 0 radical (unpaired) electrons. The van der Waals surface area contributed by atoms with E-state index in [1.807, 2.05) is 32.9 Å². The lowest BCUT2D eigenvalue weighted by molar-refractivity contribution is -0.402. The molecule has 28 heavy (non-hydrogen) atoms. The fourth-order valence-corrected chi connectivity index (χ4v) is 3.04. The van der Waals surface area contributed by atoms with Gasteiger partial charge in [0.1, 0.15) is 10.7 Å². The number of hydrogen-bond acceptors (Lipinski definition) is 6. The molecule has 2 heterocycles. The highest BCUT2D eigenvalue weighted by molar-refractivity contribution is 5.90. The maximum atomic E-state index is 13.1. The molecule has 0 saturated heterocycles. The Bertz CT molecular complexity index is 1010. The number of hydrogen-bond donors (Lipinski definition) is 0. The van der Waals surface area contributed by atoms with Crippen molar-refractivity contribution in [3.05, 3.63) is 58.0 Å². The zero-order valence-electron chi connectivity index (χ0n) is 16.2. The van der Waals surface area contributed by atoms with Gasteiger partial charge in [0.25, 0.3) is 0 Å². The van der Waals surface area contributed by atoms with Crippen molar-refractivity contribution >= 4 is 22.8 Å². The number of furan rings is 2. The van der Waals surface area contributed by atoms with Crippen molar-refractivity contribution in [3.63, 3.8) is 0 Å². The van der Waals surface area contributed by atoms with Crippen molar-refractivity contribution in [1.29, 1.82) is 0 Å². The van der Waals surface area contributed by atoms with Gasteiger partial charge in [-0.3, -0.25) is 14.9 Å². The molecule has 1 amide bonds. The Kier molecular flexibility index (Phi) is 5.13. The highest BCUT2D eigenvalue weighted by Gasteiger charge is 2.29. The average Bonchev–Trinajstić information content (AvgIpc) is 3.26. The molecule has 0 bridgehead atoms. The van der Waals surface area contributed by atoms with E-state index in [-0.39, 0.29) is 24.8 Å². The molecule has 0 unspecified atom stereocenters. The van der Waals surface area contributed by atoms with Gasteiger partial charge in [-0.05, 0) is 32.9 Å². The van der Waals surface area contributed by atoms with Crippen molar-refractivity contribution < 1.29 is 23.3 Å². The molecule has 0 aliphatic heterocycles. The van der Waals surface area contributed by atoms with E-state index >= 15 is 0 Å². The summed E-state index contributed by atoms with van der Waals surface area (Å²) in [6.07, 6.45) is 1.68. The van der Waals surface area contributed by atoms with Gasteiger partial charge in [-0.15, -0.1) is 0 Å². The molecular formula is C20H22N2O6. The minimum atomic E-state index is -0.599. The Morgan fingerprint density at radius 3 is 2.61 bits per heavy atom. The standard InChI is InChI=1S/C20H22N2O6/c1-20(2,3)21(11-14-8-9-18(28-14)22(24)25)17(23)10-13-12-27-19-15(13)6-5-7-16(19)26-4/h5-9,12H,10-11H2,1-4H3. The van der Waals surface area contributed by atoms with Crippen LogP contribution in [0.3, 0.4) is 0 Å². The summed E-state index contributed by atoms with van der Waals surface area (Å²) in [5, 5.41) is 11.6. The smallest absolute Gasteiger partial charge is 0.433 e. The second-order valence-electron chi connectivity index (χ2n) is 7.42. The predicted octanol–water partition coefficient (Wildman–Crippen LogP) is 4.31. The van der Waals surface area contributed by atoms with Crippen molar-refractivity contribution in [2.45, 2.75) is 39.3 Å². The Morgan fingerprint density at radius 1 is 1.25 bits per heavy atom. The van der Waals surface area contributed by atoms with Gasteiger partial charge < -0.3 is 18.5 Å². The first-order valence-corrected chi connectivity index (χ1v) is 8.77. The number of benzene rings is 1. The number of para-hydroxylation sites is 1. The molecule has 0 aliphatic rings. The van der Waals surface area contributed by atoms with Crippen LogP contribution in [0.25, 0.3) is 11.0 Å². The van der Waals surface area contributed by atoms with E-state index in [1.54, 1.807) is 24.3 Å². The summed E-state index contributed by atoms with van der Waals surface area (Å²) in [5.74, 6) is 0.474. The van der Waals surface area contributed by atoms with Crippen LogP contribution in [-0.4, -0.2) is 28.4 Å². The molecule has 0 N–H and O–H groups in total. The van der Waals surface area contributed by atoms with Crippen LogP contribution in [0.2, 0.25) is 0 Å². The van der Waals surface area contributed by atoms with E-state index in [0.29, 0.717) is 17.1 Å². The Balaban J connectivity index is 1.85. The lowest BCUT2D eigenvalue weighted by Crippen LogP contribution is -2.45. The van der Waals surface area contributed by atoms with E-state index in [0.717, 1.165) is 10.9 Å². The van der Waals surface area contributed by atoms with Gasteiger partial charge in [0, 0.05) is 16.5 Å². The number of ether oxygens (including phenoxy) is 1. The summed E-state index contributed by atoms with van der Waals surface area (Å²) < 4.78 is 16.1. The van der Waals surface area contributed by atoms with Gasteiger partial charge in [-0.2, -0.15) is 0 Å². The summed E-state index contributed by atoms with van der Waals surface area (Å²) in [6, 6.07) is 8.32. The summed E-state index contributed by atoms with van der Waals surface area (Å²) in [7, 11) is 1.56. The van der Waals surface area contributed by atoms with Crippen molar-refractivity contribution in [2.24, 2.45) is 0 Å². The fourth-order valence-electron chi connectivity index (χ4n) is 3.04. The highest BCUT2D eigenvalue weighted by Crippen LogP contribution is 2.31. The molecule has 3 aromatic rings. The van der Waals surface area contributed by atoms with Gasteiger partial charge in [-0.1, -0.05) is 12.1 Å². The topological polar surface area (TPSA) is 99.0 Å². The van der Waals surface area contributed by atoms with Crippen LogP contribution >= 0.6 is 0 Å². The van der Waals surface area contributed by atoms with Crippen LogP contribution in [0.15, 0.2) is 45.4 Å². The third-order valence-electron chi connectivity index (χ3n) is 4.46. The number of methoxy groups -OCH3 is 1. The van der Waals surface area contributed by atoms with E-state index in [9.17, 15) is 14.9 Å². The molecular weight excluding hydrogens is 364 g/mol. The van der Waals surface area contributed by atoms with E-state index in [2.05, 4.69) is 0 Å². The summed E-state index contributed by atoms with van der Waals surface area (Å²) in [6.45, 7) is 5.84. The van der Waals surface area contributed by atoms with E-state index in [1.165, 1.54) is 12.1 Å². The Morgan fingerprint density at radius 2 is 2.00 bits per heavy atom. The van der Waals surface area contributed by atoms with Crippen LogP contribution in [0.4, 0.5) is 5.88 Å². The van der Waals surface area contributed by atoms with Crippen molar-refractivity contribution in [1.82, 2.24) is 4.90 Å². The second kappa shape index (κ2) is 7.38. The van der Waals surface area contributed by atoms with Crippen LogP contribution in [0.5, 0.6) is 5.75 Å². The van der Waals surface area contributed by atoms with Gasteiger partial charge >= 0.3 is 5.88 Å². The van der Waals surface area contributed by atoms with Crippen LogP contribution in [0.1, 0.15) is 32.1 Å². The first-order valence-electron chi connectivity index (χ1n) is 8.77. The normalized spacial score (nSPS) is 11.6. The Hall–Kier alpha value is -3.29. The maximum absolute atomic E-state index is 13.1. The molecule has 8 heteroatoms. The monoisotopic (exact) mass is 386 g/mol. The molecule has 8 nitrogen and oxygen atoms in total. The second-order valence-corrected chi connectivity index (χ2v) is 7.42. The maximum Gasteiger partial charge on any atom is 0.433 e. The molecule has 3 rings (SSSR count). The molecule has 1 aromatic carbocycles. The minimum absolute atomic E-state index is 0.125. The number of rotatable bonds is 6. The number of fused-ring (bicyclic) bond motifs is 1. The highest BCUT2D eigenvalue weighted by atomic mass is 16.6. The summed E-state index contributed by atoms with van der Waals surface area (Å²) >= 11 is 0. The molecule has 0 aliphatic carbocycles. The molecule has 148 valence electrons. The third kappa shape index (κ3) is 3.85. The average molecular weight is 386 g/mol. The molecule has 0 spiro atoms. The first-order chi connectivity index (χ1) is 13.2. The predicted molar refractivity (Wildman–Crippen MR) is 102 cm³/mol. The minimum Gasteiger partial charge on any atom is -0.493 e. The van der Waals surface area contributed by atoms with Crippen LogP contribution in [0, 0.1) is 10.1 Å². The number of carbonyl (C=O) groups is 1. The zero-order valence-corrected chi connectivity index (χ0v) is 16.2. The molecule has 0 saturated carbocycles. The molecule has 0 atom stereocenters. The Labute approximate surface area is 161 Å². The van der Waals surface area contributed by atoms with Crippen LogP contribution in [-0.2, 0) is 17.8 Å². The van der Waals surface area contributed by atoms with Crippen molar-refractivity contribution in [2.75, 3.05) is 7.11 Å². The van der Waals surface area contributed by atoms with Gasteiger partial charge in [0.2, 0.25) is 5.91 Å².